The van der Waals surface area contributed by atoms with Gasteiger partial charge in [0.15, 0.2) is 0 Å². The average Bonchev–Trinajstić information content (AvgIpc) is 2.96. The Hall–Kier alpha value is -2.26. The smallest absolute Gasteiger partial charge is 0.337 e. The fourth-order valence-electron chi connectivity index (χ4n) is 2.29. The minimum atomic E-state index is -1.18. The molecule has 0 saturated carbocycles. The number of aromatic nitrogens is 2. The molecule has 0 unspecified atom stereocenters. The maximum atomic E-state index is 12.7. The molecule has 2 aromatic heterocycles. The Morgan fingerprint density at radius 3 is 2.83 bits per heavy atom. The van der Waals surface area contributed by atoms with Crippen molar-refractivity contribution in [2.24, 2.45) is 0 Å². The van der Waals surface area contributed by atoms with Crippen LogP contribution in [0.1, 0.15) is 29.5 Å². The van der Waals surface area contributed by atoms with Crippen LogP contribution in [0.3, 0.4) is 0 Å². The zero-order chi connectivity index (χ0) is 17.7. The summed E-state index contributed by atoms with van der Waals surface area (Å²) in [6.45, 7) is 2.45. The lowest BCUT2D eigenvalue weighted by Crippen LogP contribution is -2.36. The Kier molecular flexibility index (Phi) is 6.04. The molecule has 0 fully saturated rings. The highest BCUT2D eigenvalue weighted by molar-refractivity contribution is 7.17. The van der Waals surface area contributed by atoms with Crippen molar-refractivity contribution in [3.63, 3.8) is 0 Å². The van der Waals surface area contributed by atoms with Crippen molar-refractivity contribution < 1.29 is 19.4 Å². The van der Waals surface area contributed by atoms with Crippen LogP contribution in [0.2, 0.25) is 0 Å². The third-order valence-corrected chi connectivity index (χ3v) is 4.28. The van der Waals surface area contributed by atoms with E-state index >= 15 is 0 Å². The van der Waals surface area contributed by atoms with E-state index in [-0.39, 0.29) is 23.4 Å². The minimum absolute atomic E-state index is 0.0528. The molecule has 24 heavy (non-hydrogen) atoms. The summed E-state index contributed by atoms with van der Waals surface area (Å²) in [5.41, 5.74) is -0.576. The van der Waals surface area contributed by atoms with E-state index in [4.69, 9.17) is 4.74 Å². The number of carboxylic acids is 1. The molecule has 0 atom stereocenters. The number of carbonyl (C=O) groups is 2. The van der Waals surface area contributed by atoms with Gasteiger partial charge in [0.2, 0.25) is 5.91 Å². The monoisotopic (exact) mass is 353 g/mol. The molecule has 0 spiro atoms. The van der Waals surface area contributed by atoms with E-state index in [1.807, 2.05) is 6.92 Å². The van der Waals surface area contributed by atoms with Gasteiger partial charge in [0.25, 0.3) is 5.56 Å². The van der Waals surface area contributed by atoms with E-state index in [0.29, 0.717) is 30.2 Å². The van der Waals surface area contributed by atoms with Gasteiger partial charge >= 0.3 is 5.97 Å². The number of hydrogen-bond donors (Lipinski definition) is 2. The van der Waals surface area contributed by atoms with Crippen molar-refractivity contribution in [3.8, 4) is 0 Å². The number of methoxy groups -OCH3 is 1. The van der Waals surface area contributed by atoms with Gasteiger partial charge < -0.3 is 15.2 Å². The lowest BCUT2D eigenvalue weighted by molar-refractivity contribution is -0.121. The van der Waals surface area contributed by atoms with Crippen LogP contribution >= 0.6 is 11.3 Å². The van der Waals surface area contributed by atoms with Crippen molar-refractivity contribution in [1.82, 2.24) is 14.9 Å². The van der Waals surface area contributed by atoms with Crippen molar-refractivity contribution in [2.45, 2.75) is 26.3 Å². The predicted molar refractivity (Wildman–Crippen MR) is 89.7 cm³/mol. The van der Waals surface area contributed by atoms with E-state index in [0.717, 1.165) is 17.8 Å². The molecule has 1 amide bonds. The number of carbonyl (C=O) groups excluding carboxylic acids is 1. The number of ether oxygens (including phenoxy) is 1. The number of nitrogens with one attached hydrogen (secondary N) is 1. The molecule has 0 aromatic carbocycles. The van der Waals surface area contributed by atoms with Crippen LogP contribution in [-0.2, 0) is 22.5 Å². The van der Waals surface area contributed by atoms with Gasteiger partial charge in [0.1, 0.15) is 17.2 Å². The summed E-state index contributed by atoms with van der Waals surface area (Å²) in [5.74, 6) is -1.05. The number of carboxylic acid groups (broad SMARTS) is 1. The van der Waals surface area contributed by atoms with Gasteiger partial charge in [-0.25, -0.2) is 9.78 Å². The third-order valence-electron chi connectivity index (χ3n) is 3.41. The molecule has 2 heterocycles. The topological polar surface area (TPSA) is 111 Å². The molecule has 9 heteroatoms. The van der Waals surface area contributed by atoms with Gasteiger partial charge in [0, 0.05) is 25.5 Å². The second-order valence-corrected chi connectivity index (χ2v) is 6.00. The van der Waals surface area contributed by atoms with Crippen molar-refractivity contribution in [3.05, 3.63) is 27.1 Å². The van der Waals surface area contributed by atoms with Crippen LogP contribution in [0.25, 0.3) is 10.2 Å². The van der Waals surface area contributed by atoms with Crippen LogP contribution in [0.4, 0.5) is 0 Å². The summed E-state index contributed by atoms with van der Waals surface area (Å²) >= 11 is 1.12. The number of nitrogens with zero attached hydrogens (tertiary/aromatic N) is 2. The van der Waals surface area contributed by atoms with Crippen LogP contribution in [0.5, 0.6) is 0 Å². The number of rotatable bonds is 8. The quantitative estimate of drug-likeness (QED) is 0.682. The summed E-state index contributed by atoms with van der Waals surface area (Å²) in [7, 11) is 1.53. The van der Waals surface area contributed by atoms with Crippen molar-refractivity contribution in [1.29, 1.82) is 0 Å². The molecule has 0 saturated heterocycles. The minimum Gasteiger partial charge on any atom is -0.478 e. The standard InChI is InChI=1S/C15H19N3O5S/c1-3-4-10-17-13-12(9(8-24-13)15(21)22)14(20)18(10)7-11(19)16-5-6-23-2/h8H,3-7H2,1-2H3,(H,16,19)(H,21,22). The first-order valence-electron chi connectivity index (χ1n) is 7.49. The van der Waals surface area contributed by atoms with Gasteiger partial charge in [-0.05, 0) is 6.42 Å². The van der Waals surface area contributed by atoms with Crippen LogP contribution in [0, 0.1) is 0 Å². The number of amides is 1. The van der Waals surface area contributed by atoms with E-state index in [1.165, 1.54) is 17.1 Å². The van der Waals surface area contributed by atoms with Gasteiger partial charge in [-0.1, -0.05) is 6.92 Å². The molecule has 0 bridgehead atoms. The summed E-state index contributed by atoms with van der Waals surface area (Å²) < 4.78 is 6.12. The largest absolute Gasteiger partial charge is 0.478 e. The zero-order valence-electron chi connectivity index (χ0n) is 13.5. The number of aromatic carboxylic acids is 1. The molecule has 2 rings (SSSR count). The number of thiophene rings is 1. The highest BCUT2D eigenvalue weighted by atomic mass is 32.1. The molecular formula is C15H19N3O5S. The van der Waals surface area contributed by atoms with Gasteiger partial charge in [-0.3, -0.25) is 14.2 Å². The van der Waals surface area contributed by atoms with Crippen LogP contribution in [0.15, 0.2) is 10.2 Å². The van der Waals surface area contributed by atoms with Crippen LogP contribution in [-0.4, -0.2) is 46.8 Å². The Balaban J connectivity index is 2.45. The summed E-state index contributed by atoms with van der Waals surface area (Å²) in [6.07, 6.45) is 1.28. The highest BCUT2D eigenvalue weighted by Gasteiger charge is 2.20. The zero-order valence-corrected chi connectivity index (χ0v) is 14.3. The van der Waals surface area contributed by atoms with E-state index in [2.05, 4.69) is 10.3 Å². The third kappa shape index (κ3) is 3.80. The number of aryl methyl sites for hydroxylation is 1. The maximum Gasteiger partial charge on any atom is 0.337 e. The molecule has 2 N–H and O–H groups in total. The Morgan fingerprint density at radius 2 is 2.21 bits per heavy atom. The van der Waals surface area contributed by atoms with Gasteiger partial charge in [-0.2, -0.15) is 0 Å². The number of fused-ring (bicyclic) bond motifs is 1. The molecule has 0 radical (unpaired) electrons. The fourth-order valence-corrected chi connectivity index (χ4v) is 3.21. The second kappa shape index (κ2) is 8.02. The second-order valence-electron chi connectivity index (χ2n) is 5.15. The molecule has 130 valence electrons. The molecule has 0 aliphatic rings. The van der Waals surface area contributed by atoms with E-state index in [9.17, 15) is 19.5 Å². The first-order valence-corrected chi connectivity index (χ1v) is 8.37. The first kappa shape index (κ1) is 18.1. The Labute approximate surface area is 142 Å². The molecule has 8 nitrogen and oxygen atoms in total. The normalized spacial score (nSPS) is 10.9. The first-order chi connectivity index (χ1) is 11.5. The predicted octanol–water partition coefficient (Wildman–Crippen LogP) is 0.871. The summed E-state index contributed by atoms with van der Waals surface area (Å²) in [4.78, 5) is 40.8. The van der Waals surface area contributed by atoms with E-state index < -0.39 is 11.5 Å². The Bertz CT molecular complexity index is 811. The molecular weight excluding hydrogens is 334 g/mol. The van der Waals surface area contributed by atoms with Gasteiger partial charge in [-0.15, -0.1) is 11.3 Å². The SMILES string of the molecule is CCCc1nc2scc(C(=O)O)c2c(=O)n1CC(=O)NCCOC. The maximum absolute atomic E-state index is 12.7. The van der Waals surface area contributed by atoms with Crippen LogP contribution < -0.4 is 10.9 Å². The van der Waals surface area contributed by atoms with Gasteiger partial charge in [0.05, 0.1) is 17.6 Å². The fraction of sp³-hybridized carbons (Fsp3) is 0.467. The summed E-state index contributed by atoms with van der Waals surface area (Å²) in [5, 5.41) is 13.3. The Morgan fingerprint density at radius 1 is 1.46 bits per heavy atom. The molecule has 0 aliphatic carbocycles. The lowest BCUT2D eigenvalue weighted by atomic mass is 10.2. The summed E-state index contributed by atoms with van der Waals surface area (Å²) in [6, 6.07) is 0. The lowest BCUT2D eigenvalue weighted by Gasteiger charge is -2.12. The number of hydrogen-bond acceptors (Lipinski definition) is 6. The van der Waals surface area contributed by atoms with Crippen molar-refractivity contribution in [2.75, 3.05) is 20.3 Å². The molecule has 0 aliphatic heterocycles. The van der Waals surface area contributed by atoms with Crippen molar-refractivity contribution >= 4 is 33.4 Å². The highest BCUT2D eigenvalue weighted by Crippen LogP contribution is 2.22. The van der Waals surface area contributed by atoms with E-state index in [1.54, 1.807) is 0 Å². The average molecular weight is 353 g/mol. The molecule has 2 aromatic rings.